The molecule has 0 aliphatic carbocycles. The number of halogens is 1. The van der Waals surface area contributed by atoms with Crippen LogP contribution in [0.3, 0.4) is 0 Å². The summed E-state index contributed by atoms with van der Waals surface area (Å²) in [6.07, 6.45) is 1.41. The molecule has 2 aromatic carbocycles. The van der Waals surface area contributed by atoms with Gasteiger partial charge in [0.05, 0.1) is 18.4 Å². The van der Waals surface area contributed by atoms with Gasteiger partial charge in [0.2, 0.25) is 0 Å². The van der Waals surface area contributed by atoms with Crippen LogP contribution in [0, 0.1) is 5.82 Å². The van der Waals surface area contributed by atoms with Gasteiger partial charge in [0.25, 0.3) is 5.91 Å². The quantitative estimate of drug-likeness (QED) is 0.465. The van der Waals surface area contributed by atoms with Crippen molar-refractivity contribution in [2.75, 3.05) is 24.8 Å². The fourth-order valence-electron chi connectivity index (χ4n) is 3.68. The number of methoxy groups -OCH3 is 1. The first-order valence-corrected chi connectivity index (χ1v) is 10.3. The number of ether oxygens (including phenoxy) is 1. The predicted molar refractivity (Wildman–Crippen MR) is 124 cm³/mol. The molecule has 0 bridgehead atoms. The average molecular weight is 450 g/mol. The van der Waals surface area contributed by atoms with E-state index >= 15 is 0 Å². The molecule has 2 N–H and O–H groups in total. The lowest BCUT2D eigenvalue weighted by Crippen LogP contribution is -2.24. The molecule has 33 heavy (non-hydrogen) atoms. The molecule has 10 heteroatoms. The van der Waals surface area contributed by atoms with E-state index < -0.39 is 11.7 Å². The number of anilines is 2. The summed E-state index contributed by atoms with van der Waals surface area (Å²) in [5.74, 6) is -0.274. The lowest BCUT2D eigenvalue weighted by atomic mass is 10.1. The minimum atomic E-state index is -0.542. The molecular formula is C23H23FN6O3. The van der Waals surface area contributed by atoms with Crippen molar-refractivity contribution in [3.05, 3.63) is 70.7 Å². The van der Waals surface area contributed by atoms with Crippen molar-refractivity contribution in [1.82, 2.24) is 19.1 Å². The van der Waals surface area contributed by atoms with Crippen LogP contribution in [0.15, 0.2) is 53.6 Å². The second-order valence-corrected chi connectivity index (χ2v) is 7.57. The molecule has 0 fully saturated rings. The molecule has 0 saturated carbocycles. The Bertz CT molecular complexity index is 1390. The van der Waals surface area contributed by atoms with E-state index in [1.807, 2.05) is 13.8 Å². The average Bonchev–Trinajstić information content (AvgIpc) is 3.11. The molecule has 0 aliphatic heterocycles. The molecule has 9 nitrogen and oxygen atoms in total. The van der Waals surface area contributed by atoms with Crippen LogP contribution in [0.2, 0.25) is 0 Å². The van der Waals surface area contributed by atoms with Gasteiger partial charge < -0.3 is 15.4 Å². The number of nitrogens with one attached hydrogen (secondary N) is 2. The molecule has 0 radical (unpaired) electrons. The summed E-state index contributed by atoms with van der Waals surface area (Å²) in [5.41, 5.74) is 1.95. The van der Waals surface area contributed by atoms with Crippen molar-refractivity contribution in [3.8, 4) is 11.4 Å². The number of imidazole rings is 1. The molecule has 170 valence electrons. The number of carbonyl (C=O) groups is 1. The summed E-state index contributed by atoms with van der Waals surface area (Å²) in [7, 11) is 3.13. The Morgan fingerprint density at radius 1 is 1.12 bits per heavy atom. The molecule has 0 saturated heterocycles. The van der Waals surface area contributed by atoms with Crippen molar-refractivity contribution in [2.45, 2.75) is 19.9 Å². The highest BCUT2D eigenvalue weighted by Crippen LogP contribution is 2.25. The van der Waals surface area contributed by atoms with Gasteiger partial charge >= 0.3 is 5.69 Å². The van der Waals surface area contributed by atoms with Crippen LogP contribution in [0.25, 0.3) is 16.9 Å². The minimum Gasteiger partial charge on any atom is -0.496 e. The van der Waals surface area contributed by atoms with E-state index in [4.69, 9.17) is 4.74 Å². The number of amides is 1. The third-order valence-electron chi connectivity index (χ3n) is 5.19. The number of benzene rings is 2. The highest BCUT2D eigenvalue weighted by atomic mass is 19.1. The molecule has 0 spiro atoms. The Balaban J connectivity index is 1.73. The monoisotopic (exact) mass is 450 g/mol. The number of nitrogens with zero attached hydrogens (tertiary/aromatic N) is 4. The Morgan fingerprint density at radius 2 is 1.85 bits per heavy atom. The van der Waals surface area contributed by atoms with E-state index in [1.54, 1.807) is 35.9 Å². The number of rotatable bonds is 6. The van der Waals surface area contributed by atoms with Gasteiger partial charge in [-0.1, -0.05) is 0 Å². The van der Waals surface area contributed by atoms with Crippen molar-refractivity contribution >= 4 is 28.6 Å². The highest BCUT2D eigenvalue weighted by Gasteiger charge is 2.21. The number of hydrogen-bond acceptors (Lipinski definition) is 6. The molecule has 1 amide bonds. The van der Waals surface area contributed by atoms with E-state index in [1.165, 1.54) is 30.1 Å². The second kappa shape index (κ2) is 8.73. The minimum absolute atomic E-state index is 0.0774. The molecule has 4 aromatic rings. The summed E-state index contributed by atoms with van der Waals surface area (Å²) >= 11 is 0. The lowest BCUT2D eigenvalue weighted by molar-refractivity contribution is 0.102. The topological polar surface area (TPSA) is 103 Å². The second-order valence-electron chi connectivity index (χ2n) is 7.57. The van der Waals surface area contributed by atoms with Crippen LogP contribution in [0.5, 0.6) is 5.75 Å². The highest BCUT2D eigenvalue weighted by molar-refractivity contribution is 6.06. The summed E-state index contributed by atoms with van der Waals surface area (Å²) in [4.78, 5) is 34.5. The van der Waals surface area contributed by atoms with E-state index in [-0.39, 0.29) is 23.0 Å². The summed E-state index contributed by atoms with van der Waals surface area (Å²) in [6.45, 7) is 3.82. The van der Waals surface area contributed by atoms with Gasteiger partial charge in [-0.3, -0.25) is 13.9 Å². The van der Waals surface area contributed by atoms with Gasteiger partial charge in [-0.05, 0) is 56.3 Å². The summed E-state index contributed by atoms with van der Waals surface area (Å²) < 4.78 is 21.9. The SMILES string of the molecule is CNc1ncnc2c1n(-c1ccc(NC(=O)c3cc(F)ccc3OC)cc1)c(=O)n2C(C)C. The van der Waals surface area contributed by atoms with E-state index in [0.29, 0.717) is 28.4 Å². The van der Waals surface area contributed by atoms with Gasteiger partial charge in [-0.2, -0.15) is 0 Å². The van der Waals surface area contributed by atoms with Crippen molar-refractivity contribution < 1.29 is 13.9 Å². The van der Waals surface area contributed by atoms with Gasteiger partial charge in [0.1, 0.15) is 23.4 Å². The Morgan fingerprint density at radius 3 is 2.48 bits per heavy atom. The summed E-state index contributed by atoms with van der Waals surface area (Å²) in [6, 6.07) is 10.3. The van der Waals surface area contributed by atoms with Crippen LogP contribution in [-0.2, 0) is 0 Å². The number of hydrogen-bond donors (Lipinski definition) is 2. The normalized spacial score (nSPS) is 11.1. The Kier molecular flexibility index (Phi) is 5.82. The summed E-state index contributed by atoms with van der Waals surface area (Å²) in [5, 5.41) is 5.73. The Hall–Kier alpha value is -4.21. The molecule has 2 heterocycles. The fraction of sp³-hybridized carbons (Fsp3) is 0.217. The number of aromatic nitrogens is 4. The zero-order valence-corrected chi connectivity index (χ0v) is 18.6. The lowest BCUT2D eigenvalue weighted by Gasteiger charge is -2.11. The third kappa shape index (κ3) is 3.91. The standard InChI is InChI=1S/C23H23FN6O3/c1-13(2)29-21-19(20(25-3)26-12-27-21)30(23(29)32)16-8-6-15(7-9-16)28-22(31)17-11-14(24)5-10-18(17)33-4/h5-13H,1-4H3,(H,28,31)(H,25,26,27). The zero-order valence-electron chi connectivity index (χ0n) is 18.6. The molecule has 4 rings (SSSR count). The fourth-order valence-corrected chi connectivity index (χ4v) is 3.68. The van der Waals surface area contributed by atoms with Crippen LogP contribution < -0.4 is 21.1 Å². The van der Waals surface area contributed by atoms with Gasteiger partial charge in [-0.25, -0.2) is 19.2 Å². The largest absolute Gasteiger partial charge is 0.496 e. The third-order valence-corrected chi connectivity index (χ3v) is 5.19. The molecule has 0 atom stereocenters. The molecule has 0 aliphatic rings. The van der Waals surface area contributed by atoms with Crippen LogP contribution >= 0.6 is 0 Å². The first kappa shape index (κ1) is 22.0. The van der Waals surface area contributed by atoms with E-state index in [0.717, 1.165) is 6.07 Å². The number of fused-ring (bicyclic) bond motifs is 1. The van der Waals surface area contributed by atoms with E-state index in [2.05, 4.69) is 20.6 Å². The molecule has 2 aromatic heterocycles. The van der Waals surface area contributed by atoms with Gasteiger partial charge in [-0.15, -0.1) is 0 Å². The maximum atomic E-state index is 13.6. The van der Waals surface area contributed by atoms with Crippen LogP contribution in [0.1, 0.15) is 30.2 Å². The predicted octanol–water partition coefficient (Wildman–Crippen LogP) is 3.60. The van der Waals surface area contributed by atoms with Crippen LogP contribution in [-0.4, -0.2) is 39.2 Å². The van der Waals surface area contributed by atoms with Gasteiger partial charge in [0.15, 0.2) is 11.5 Å². The van der Waals surface area contributed by atoms with Crippen molar-refractivity contribution in [3.63, 3.8) is 0 Å². The first-order chi connectivity index (χ1) is 15.8. The smallest absolute Gasteiger partial charge is 0.335 e. The molecular weight excluding hydrogens is 427 g/mol. The van der Waals surface area contributed by atoms with Gasteiger partial charge in [0, 0.05) is 18.8 Å². The van der Waals surface area contributed by atoms with E-state index in [9.17, 15) is 14.0 Å². The maximum Gasteiger partial charge on any atom is 0.335 e. The Labute approximate surface area is 188 Å². The van der Waals surface area contributed by atoms with Crippen molar-refractivity contribution in [1.29, 1.82) is 0 Å². The maximum absolute atomic E-state index is 13.6. The number of carbonyl (C=O) groups excluding carboxylic acids is 1. The molecule has 0 unspecified atom stereocenters. The first-order valence-electron chi connectivity index (χ1n) is 10.3. The zero-order chi connectivity index (χ0) is 23.7. The van der Waals surface area contributed by atoms with Crippen LogP contribution in [0.4, 0.5) is 15.9 Å². The van der Waals surface area contributed by atoms with Crippen molar-refractivity contribution in [2.24, 2.45) is 0 Å².